The highest BCUT2D eigenvalue weighted by Crippen LogP contribution is 2.48. The van der Waals surface area contributed by atoms with Crippen molar-refractivity contribution in [2.45, 2.75) is 50.6 Å². The van der Waals surface area contributed by atoms with Crippen molar-refractivity contribution >= 4 is 23.3 Å². The minimum Gasteiger partial charge on any atom is -0.390 e. The lowest BCUT2D eigenvalue weighted by molar-refractivity contribution is -0.138. The molecule has 1 aromatic heterocycles. The number of nitrogens with one attached hydrogen (secondary N) is 3. The van der Waals surface area contributed by atoms with Gasteiger partial charge in [-0.3, -0.25) is 14.4 Å². The van der Waals surface area contributed by atoms with Crippen LogP contribution in [0.2, 0.25) is 0 Å². The molecular weight excluding hydrogens is 449 g/mol. The maximum absolute atomic E-state index is 13.7. The average molecular weight is 474 g/mol. The topological polar surface area (TPSA) is 92.2 Å². The summed E-state index contributed by atoms with van der Waals surface area (Å²) in [6, 6.07) is 5.26. The van der Waals surface area contributed by atoms with Crippen molar-refractivity contribution in [3.05, 3.63) is 64.9 Å². The van der Waals surface area contributed by atoms with Gasteiger partial charge in [0.05, 0.1) is 16.8 Å². The number of anilines is 1. The molecule has 10 heteroatoms. The van der Waals surface area contributed by atoms with E-state index in [-0.39, 0.29) is 17.0 Å². The molecule has 3 N–H and O–H groups in total. The standard InChI is InChI=1S/C24H25F3N4O3/c1-13-18(21(33)29-16-8-6-15(25)7-9-16)17-5-4-10-31(17)19(13)20(32)22(34)30-23(14(2)28-3)11-24(26,27)12-23/h6-9,28H,2,4-5,10-12H2,1,3H3,(H,29,33)(H,30,34). The van der Waals surface area contributed by atoms with E-state index in [4.69, 9.17) is 0 Å². The van der Waals surface area contributed by atoms with Crippen molar-refractivity contribution in [2.24, 2.45) is 0 Å². The van der Waals surface area contributed by atoms with Crippen molar-refractivity contribution in [3.63, 3.8) is 0 Å². The molecule has 2 amide bonds. The highest BCUT2D eigenvalue weighted by Gasteiger charge is 2.59. The summed E-state index contributed by atoms with van der Waals surface area (Å²) in [4.78, 5) is 39.2. The molecule has 2 aliphatic rings. The smallest absolute Gasteiger partial charge is 0.294 e. The number of halogens is 3. The van der Waals surface area contributed by atoms with Crippen LogP contribution < -0.4 is 16.0 Å². The molecule has 34 heavy (non-hydrogen) atoms. The van der Waals surface area contributed by atoms with Gasteiger partial charge in [0, 0.05) is 43.5 Å². The maximum atomic E-state index is 13.7. The van der Waals surface area contributed by atoms with Crippen LogP contribution in [0.5, 0.6) is 0 Å². The summed E-state index contributed by atoms with van der Waals surface area (Å²) < 4.78 is 42.2. The first-order chi connectivity index (χ1) is 16.0. The van der Waals surface area contributed by atoms with Gasteiger partial charge < -0.3 is 20.5 Å². The molecule has 0 saturated heterocycles. The third kappa shape index (κ3) is 3.97. The van der Waals surface area contributed by atoms with E-state index in [1.807, 2.05) is 0 Å². The first kappa shape index (κ1) is 23.6. The van der Waals surface area contributed by atoms with Crippen LogP contribution >= 0.6 is 0 Å². The Labute approximate surface area is 194 Å². The molecule has 1 aliphatic heterocycles. The summed E-state index contributed by atoms with van der Waals surface area (Å²) in [6.45, 7) is 5.73. The number of aromatic nitrogens is 1. The SMILES string of the molecule is C=C(NC)C1(NC(=O)C(=O)c2c(C)c(C(=O)Nc3ccc(F)cc3)c3n2CCC3)CC(F)(F)C1. The van der Waals surface area contributed by atoms with Crippen molar-refractivity contribution in [3.8, 4) is 0 Å². The molecule has 0 radical (unpaired) electrons. The monoisotopic (exact) mass is 474 g/mol. The molecule has 1 fully saturated rings. The van der Waals surface area contributed by atoms with E-state index in [9.17, 15) is 27.6 Å². The van der Waals surface area contributed by atoms with E-state index in [1.54, 1.807) is 11.5 Å². The normalized spacial score (nSPS) is 17.3. The highest BCUT2D eigenvalue weighted by molar-refractivity contribution is 6.43. The Hall–Kier alpha value is -3.56. The van der Waals surface area contributed by atoms with Crippen LogP contribution in [0, 0.1) is 12.7 Å². The molecular formula is C24H25F3N4O3. The van der Waals surface area contributed by atoms with Gasteiger partial charge in [-0.15, -0.1) is 0 Å². The number of amides is 2. The molecule has 2 aromatic rings. The minimum absolute atomic E-state index is 0.0607. The third-order valence-electron chi connectivity index (χ3n) is 6.51. The van der Waals surface area contributed by atoms with Gasteiger partial charge in [-0.2, -0.15) is 0 Å². The van der Waals surface area contributed by atoms with Crippen LogP contribution in [-0.4, -0.2) is 40.7 Å². The van der Waals surface area contributed by atoms with Gasteiger partial charge >= 0.3 is 0 Å². The highest BCUT2D eigenvalue weighted by atomic mass is 19.3. The van der Waals surface area contributed by atoms with Gasteiger partial charge in [-0.25, -0.2) is 13.2 Å². The summed E-state index contributed by atoms with van der Waals surface area (Å²) in [5.41, 5.74) is 0.437. The lowest BCUT2D eigenvalue weighted by Crippen LogP contribution is -2.65. The quantitative estimate of drug-likeness (QED) is 0.424. The van der Waals surface area contributed by atoms with Crippen LogP contribution in [0.3, 0.4) is 0 Å². The number of likely N-dealkylation sites (N-methyl/N-ethyl adjacent to an activating group) is 1. The van der Waals surface area contributed by atoms with Gasteiger partial charge in [0.1, 0.15) is 5.82 Å². The minimum atomic E-state index is -2.96. The number of benzene rings is 1. The molecule has 1 aliphatic carbocycles. The van der Waals surface area contributed by atoms with Gasteiger partial charge in [0.25, 0.3) is 23.5 Å². The molecule has 2 heterocycles. The number of carbonyl (C=O) groups excluding carboxylic acids is 3. The van der Waals surface area contributed by atoms with Crippen LogP contribution in [0.4, 0.5) is 18.9 Å². The molecule has 0 bridgehead atoms. The number of hydrogen-bond donors (Lipinski definition) is 3. The predicted octanol–water partition coefficient (Wildman–Crippen LogP) is 3.33. The third-order valence-corrected chi connectivity index (χ3v) is 6.51. The zero-order valence-corrected chi connectivity index (χ0v) is 18.9. The fraction of sp³-hybridized carbons (Fsp3) is 0.375. The fourth-order valence-electron chi connectivity index (χ4n) is 4.87. The number of fused-ring (bicyclic) bond motifs is 1. The Bertz CT molecular complexity index is 1190. The van der Waals surface area contributed by atoms with Gasteiger partial charge in [0.2, 0.25) is 0 Å². The Balaban J connectivity index is 1.61. The van der Waals surface area contributed by atoms with Crippen molar-refractivity contribution < 1.29 is 27.6 Å². The predicted molar refractivity (Wildman–Crippen MR) is 119 cm³/mol. The molecule has 0 spiro atoms. The molecule has 0 unspecified atom stereocenters. The number of alkyl halides is 2. The van der Waals surface area contributed by atoms with Crippen LogP contribution in [-0.2, 0) is 17.8 Å². The van der Waals surface area contributed by atoms with Crippen LogP contribution in [0.25, 0.3) is 0 Å². The second kappa shape index (κ2) is 8.34. The van der Waals surface area contributed by atoms with E-state index in [2.05, 4.69) is 22.5 Å². The number of Topliss-reactive ketones (excluding diaryl/α,β-unsaturated/α-hetero) is 1. The summed E-state index contributed by atoms with van der Waals surface area (Å²) in [7, 11) is 1.50. The van der Waals surface area contributed by atoms with Gasteiger partial charge in [-0.1, -0.05) is 6.58 Å². The number of nitrogens with zero attached hydrogens (tertiary/aromatic N) is 1. The summed E-state index contributed by atoms with van der Waals surface area (Å²) in [5.74, 6) is -5.82. The number of carbonyl (C=O) groups is 3. The van der Waals surface area contributed by atoms with Crippen molar-refractivity contribution in [1.82, 2.24) is 15.2 Å². The average Bonchev–Trinajstić information content (AvgIpc) is 3.32. The zero-order valence-electron chi connectivity index (χ0n) is 18.9. The second-order valence-corrected chi connectivity index (χ2v) is 8.81. The zero-order chi connectivity index (χ0) is 24.8. The van der Waals surface area contributed by atoms with E-state index < -0.39 is 47.7 Å². The first-order valence-electron chi connectivity index (χ1n) is 10.9. The van der Waals surface area contributed by atoms with E-state index in [0.29, 0.717) is 36.3 Å². The van der Waals surface area contributed by atoms with Crippen LogP contribution in [0.15, 0.2) is 36.5 Å². The lowest BCUT2D eigenvalue weighted by atomic mass is 9.71. The van der Waals surface area contributed by atoms with Crippen molar-refractivity contribution in [2.75, 3.05) is 12.4 Å². The largest absolute Gasteiger partial charge is 0.390 e. The van der Waals surface area contributed by atoms with E-state index in [0.717, 1.165) is 0 Å². The Morgan fingerprint density at radius 2 is 1.76 bits per heavy atom. The molecule has 0 atom stereocenters. The summed E-state index contributed by atoms with van der Waals surface area (Å²) in [6.07, 6.45) is -0.0970. The summed E-state index contributed by atoms with van der Waals surface area (Å²) >= 11 is 0. The fourth-order valence-corrected chi connectivity index (χ4v) is 4.87. The van der Waals surface area contributed by atoms with Gasteiger partial charge in [-0.05, 0) is 49.6 Å². The van der Waals surface area contributed by atoms with E-state index in [1.165, 1.54) is 31.3 Å². The molecule has 180 valence electrons. The number of hydrogen-bond acceptors (Lipinski definition) is 4. The van der Waals surface area contributed by atoms with Crippen molar-refractivity contribution in [1.29, 1.82) is 0 Å². The summed E-state index contributed by atoms with van der Waals surface area (Å²) in [5, 5.41) is 7.84. The first-order valence-corrected chi connectivity index (χ1v) is 10.9. The Morgan fingerprint density at radius 1 is 1.12 bits per heavy atom. The molecule has 4 rings (SSSR count). The Morgan fingerprint density at radius 3 is 2.35 bits per heavy atom. The number of ketones is 1. The maximum Gasteiger partial charge on any atom is 0.294 e. The molecule has 1 saturated carbocycles. The number of rotatable bonds is 7. The lowest BCUT2D eigenvalue weighted by Gasteiger charge is -2.48. The molecule has 1 aromatic carbocycles. The second-order valence-electron chi connectivity index (χ2n) is 8.81. The Kier molecular flexibility index (Phi) is 5.79. The van der Waals surface area contributed by atoms with Crippen LogP contribution in [0.1, 0.15) is 51.4 Å². The van der Waals surface area contributed by atoms with Gasteiger partial charge in [0.15, 0.2) is 0 Å². The van der Waals surface area contributed by atoms with E-state index >= 15 is 0 Å². The molecule has 7 nitrogen and oxygen atoms in total.